The van der Waals surface area contributed by atoms with Gasteiger partial charge in [-0.15, -0.1) is 11.3 Å². The molecule has 144 valence electrons. The number of hydrogen-bond donors (Lipinski definition) is 2. The zero-order valence-electron chi connectivity index (χ0n) is 14.7. The summed E-state index contributed by atoms with van der Waals surface area (Å²) in [6.07, 6.45) is -1.03. The largest absolute Gasteiger partial charge is 0.478 e. The van der Waals surface area contributed by atoms with Crippen molar-refractivity contribution in [2.45, 2.75) is 13.0 Å². The van der Waals surface area contributed by atoms with Gasteiger partial charge >= 0.3 is 0 Å². The van der Waals surface area contributed by atoms with Gasteiger partial charge in [-0.3, -0.25) is 20.4 Å². The molecule has 3 aromatic rings. The summed E-state index contributed by atoms with van der Waals surface area (Å²) >= 11 is 1.09. The quantitative estimate of drug-likeness (QED) is 0.636. The van der Waals surface area contributed by atoms with Crippen molar-refractivity contribution in [2.75, 3.05) is 0 Å². The molecule has 3 rings (SSSR count). The molecule has 0 saturated carbocycles. The van der Waals surface area contributed by atoms with Crippen molar-refractivity contribution in [1.29, 1.82) is 0 Å². The Morgan fingerprint density at radius 1 is 0.929 bits per heavy atom. The fourth-order valence-corrected chi connectivity index (χ4v) is 3.26. The van der Waals surface area contributed by atoms with Gasteiger partial charge in [0, 0.05) is 10.4 Å². The predicted octanol–water partition coefficient (Wildman–Crippen LogP) is 3.92. The number of para-hydroxylation sites is 1. The van der Waals surface area contributed by atoms with Gasteiger partial charge in [0.25, 0.3) is 11.8 Å². The number of hydrogen-bond acceptors (Lipinski definition) is 4. The van der Waals surface area contributed by atoms with Gasteiger partial charge in [-0.1, -0.05) is 30.3 Å². The second-order valence-electron chi connectivity index (χ2n) is 5.78. The minimum absolute atomic E-state index is 0.0655. The summed E-state index contributed by atoms with van der Waals surface area (Å²) in [5, 5.41) is 0. The third-order valence-corrected chi connectivity index (χ3v) is 4.90. The number of carbonyl (C=O) groups is 2. The number of hydrazine groups is 1. The minimum Gasteiger partial charge on any atom is -0.478 e. The van der Waals surface area contributed by atoms with Crippen LogP contribution in [0.25, 0.3) is 10.4 Å². The lowest BCUT2D eigenvalue weighted by Crippen LogP contribution is -2.47. The SMILES string of the molecule is CC(Oc1ccccc1F)C(=O)NNC(=O)c1ccc(-c2ccccc2F)s1. The molecule has 5 nitrogen and oxygen atoms in total. The number of rotatable bonds is 5. The van der Waals surface area contributed by atoms with E-state index in [-0.39, 0.29) is 11.6 Å². The van der Waals surface area contributed by atoms with Gasteiger partial charge in [0.05, 0.1) is 4.88 Å². The fraction of sp³-hybridized carbons (Fsp3) is 0.100. The Morgan fingerprint density at radius 3 is 2.32 bits per heavy atom. The zero-order valence-corrected chi connectivity index (χ0v) is 15.6. The van der Waals surface area contributed by atoms with Gasteiger partial charge in [0.2, 0.25) is 0 Å². The predicted molar refractivity (Wildman–Crippen MR) is 102 cm³/mol. The molecule has 1 unspecified atom stereocenters. The van der Waals surface area contributed by atoms with Crippen molar-refractivity contribution in [3.8, 4) is 16.2 Å². The Labute approximate surface area is 163 Å². The highest BCUT2D eigenvalue weighted by Crippen LogP contribution is 2.29. The second-order valence-corrected chi connectivity index (χ2v) is 6.86. The Bertz CT molecular complexity index is 1010. The summed E-state index contributed by atoms with van der Waals surface area (Å²) in [4.78, 5) is 25.1. The third kappa shape index (κ3) is 4.52. The highest BCUT2D eigenvalue weighted by atomic mass is 32.1. The number of thiophene rings is 1. The minimum atomic E-state index is -1.03. The highest BCUT2D eigenvalue weighted by Gasteiger charge is 2.18. The maximum absolute atomic E-state index is 13.8. The smallest absolute Gasteiger partial charge is 0.279 e. The molecular formula is C20H16F2N2O3S. The fourth-order valence-electron chi connectivity index (χ4n) is 2.33. The standard InChI is InChI=1S/C20H16F2N2O3S/c1-12(27-16-9-5-4-8-15(16)22)19(25)23-24-20(26)18-11-10-17(28-18)13-6-2-3-7-14(13)21/h2-12H,1H3,(H,23,25)(H,24,26). The summed E-state index contributed by atoms with van der Waals surface area (Å²) in [5.41, 5.74) is 4.88. The monoisotopic (exact) mass is 402 g/mol. The van der Waals surface area contributed by atoms with Crippen LogP contribution in [0.4, 0.5) is 8.78 Å². The molecule has 0 bridgehead atoms. The summed E-state index contributed by atoms with van der Waals surface area (Å²) in [6.45, 7) is 1.43. The second kappa shape index (κ2) is 8.62. The van der Waals surface area contributed by atoms with Crippen LogP contribution >= 0.6 is 11.3 Å². The Morgan fingerprint density at radius 2 is 1.61 bits per heavy atom. The lowest BCUT2D eigenvalue weighted by atomic mass is 10.2. The first-order chi connectivity index (χ1) is 13.5. The Balaban J connectivity index is 1.57. The van der Waals surface area contributed by atoms with E-state index in [0.717, 1.165) is 11.3 Å². The van der Waals surface area contributed by atoms with Crippen LogP contribution < -0.4 is 15.6 Å². The van der Waals surface area contributed by atoms with E-state index >= 15 is 0 Å². The molecule has 2 amide bonds. The van der Waals surface area contributed by atoms with Gasteiger partial charge in [-0.25, -0.2) is 8.78 Å². The number of halogens is 2. The van der Waals surface area contributed by atoms with Crippen LogP contribution in [-0.4, -0.2) is 17.9 Å². The highest BCUT2D eigenvalue weighted by molar-refractivity contribution is 7.17. The van der Waals surface area contributed by atoms with Crippen molar-refractivity contribution in [3.05, 3.63) is 77.2 Å². The van der Waals surface area contributed by atoms with E-state index in [1.807, 2.05) is 0 Å². The van der Waals surface area contributed by atoms with E-state index in [4.69, 9.17) is 4.74 Å². The van der Waals surface area contributed by atoms with Gasteiger partial charge in [-0.05, 0) is 37.3 Å². The first-order valence-electron chi connectivity index (χ1n) is 8.32. The zero-order chi connectivity index (χ0) is 20.1. The summed E-state index contributed by atoms with van der Waals surface area (Å²) in [7, 11) is 0. The van der Waals surface area contributed by atoms with Crippen molar-refractivity contribution in [1.82, 2.24) is 10.9 Å². The van der Waals surface area contributed by atoms with Crippen molar-refractivity contribution >= 4 is 23.2 Å². The molecule has 0 radical (unpaired) electrons. The third-order valence-electron chi connectivity index (χ3n) is 3.78. The summed E-state index contributed by atoms with van der Waals surface area (Å²) in [5.74, 6) is -2.25. The maximum Gasteiger partial charge on any atom is 0.279 e. The number of benzene rings is 2. The molecule has 2 N–H and O–H groups in total. The normalized spacial score (nSPS) is 11.5. The van der Waals surface area contributed by atoms with Gasteiger partial charge in [-0.2, -0.15) is 0 Å². The molecule has 2 aromatic carbocycles. The average molecular weight is 402 g/mol. The summed E-state index contributed by atoms with van der Waals surface area (Å²) in [6, 6.07) is 15.1. The molecule has 8 heteroatoms. The van der Waals surface area contributed by atoms with E-state index in [1.54, 1.807) is 30.3 Å². The van der Waals surface area contributed by atoms with Crippen LogP contribution in [0, 0.1) is 11.6 Å². The molecule has 1 heterocycles. The lowest BCUT2D eigenvalue weighted by Gasteiger charge is -2.15. The molecule has 1 atom stereocenters. The van der Waals surface area contributed by atoms with E-state index < -0.39 is 23.7 Å². The molecule has 0 fully saturated rings. The van der Waals surface area contributed by atoms with Crippen molar-refractivity contribution in [3.63, 3.8) is 0 Å². The van der Waals surface area contributed by atoms with E-state index in [0.29, 0.717) is 15.3 Å². The topological polar surface area (TPSA) is 67.4 Å². The Kier molecular flexibility index (Phi) is 6.00. The average Bonchev–Trinajstić information content (AvgIpc) is 3.18. The van der Waals surface area contributed by atoms with E-state index in [1.165, 1.54) is 37.3 Å². The lowest BCUT2D eigenvalue weighted by molar-refractivity contribution is -0.128. The molecule has 0 aliphatic rings. The van der Waals surface area contributed by atoms with E-state index in [9.17, 15) is 18.4 Å². The number of carbonyl (C=O) groups excluding carboxylic acids is 2. The van der Waals surface area contributed by atoms with Crippen LogP contribution in [0.3, 0.4) is 0 Å². The first-order valence-corrected chi connectivity index (χ1v) is 9.13. The van der Waals surface area contributed by atoms with Crippen molar-refractivity contribution < 1.29 is 23.1 Å². The number of ether oxygens (including phenoxy) is 1. The van der Waals surface area contributed by atoms with E-state index in [2.05, 4.69) is 10.9 Å². The molecule has 0 spiro atoms. The van der Waals surface area contributed by atoms with Gasteiger partial charge in [0.1, 0.15) is 5.82 Å². The van der Waals surface area contributed by atoms with Crippen LogP contribution in [-0.2, 0) is 4.79 Å². The molecule has 0 saturated heterocycles. The van der Waals surface area contributed by atoms with Crippen LogP contribution in [0.15, 0.2) is 60.7 Å². The number of amides is 2. The molecule has 1 aromatic heterocycles. The van der Waals surface area contributed by atoms with Gasteiger partial charge < -0.3 is 4.74 Å². The summed E-state index contributed by atoms with van der Waals surface area (Å²) < 4.78 is 32.7. The molecule has 0 aliphatic carbocycles. The van der Waals surface area contributed by atoms with Crippen molar-refractivity contribution in [2.24, 2.45) is 0 Å². The van der Waals surface area contributed by atoms with Crippen LogP contribution in [0.1, 0.15) is 16.6 Å². The number of nitrogens with one attached hydrogen (secondary N) is 2. The van der Waals surface area contributed by atoms with Gasteiger partial charge in [0.15, 0.2) is 17.7 Å². The van der Waals surface area contributed by atoms with Crippen LogP contribution in [0.2, 0.25) is 0 Å². The first kappa shape index (κ1) is 19.5. The van der Waals surface area contributed by atoms with Crippen LogP contribution in [0.5, 0.6) is 5.75 Å². The molecular weight excluding hydrogens is 386 g/mol. The molecule has 28 heavy (non-hydrogen) atoms. The maximum atomic E-state index is 13.8. The molecule has 0 aliphatic heterocycles. The Hall–Kier alpha value is -3.26.